The van der Waals surface area contributed by atoms with Crippen molar-refractivity contribution in [3.05, 3.63) is 59.1 Å². The molecule has 0 atom stereocenters. The lowest BCUT2D eigenvalue weighted by molar-refractivity contribution is 0.577. The molecular weight excluding hydrogens is 368 g/mol. The predicted octanol–water partition coefficient (Wildman–Crippen LogP) is 4.24. The van der Waals surface area contributed by atoms with Gasteiger partial charge in [-0.25, -0.2) is 13.1 Å². The maximum atomic E-state index is 12.2. The topological polar surface area (TPSA) is 49.4 Å². The van der Waals surface area contributed by atoms with Crippen molar-refractivity contribution in [2.45, 2.75) is 37.0 Å². The van der Waals surface area contributed by atoms with Gasteiger partial charge in [-0.15, -0.1) is 0 Å². The summed E-state index contributed by atoms with van der Waals surface area (Å²) in [6, 6.07) is 15.0. The maximum absolute atomic E-state index is 12.2. The van der Waals surface area contributed by atoms with Crippen LogP contribution >= 0.6 is 11.6 Å². The van der Waals surface area contributed by atoms with Crippen LogP contribution in [-0.2, 0) is 16.4 Å². The zero-order valence-electron chi connectivity index (χ0n) is 14.8. The van der Waals surface area contributed by atoms with Gasteiger partial charge in [0.15, 0.2) is 0 Å². The van der Waals surface area contributed by atoms with Gasteiger partial charge in [-0.1, -0.05) is 29.8 Å². The van der Waals surface area contributed by atoms with E-state index in [1.165, 1.54) is 36.6 Å². The number of hydrogen-bond acceptors (Lipinski definition) is 3. The van der Waals surface area contributed by atoms with E-state index in [1.54, 1.807) is 18.2 Å². The number of nitrogens with zero attached hydrogens (tertiary/aromatic N) is 1. The number of anilines is 1. The van der Waals surface area contributed by atoms with Crippen molar-refractivity contribution in [1.82, 2.24) is 4.72 Å². The Morgan fingerprint density at radius 3 is 2.42 bits per heavy atom. The first-order chi connectivity index (χ1) is 12.5. The first-order valence-corrected chi connectivity index (χ1v) is 11.0. The van der Waals surface area contributed by atoms with Gasteiger partial charge in [0.25, 0.3) is 0 Å². The number of hydrogen-bond donors (Lipinski definition) is 1. The summed E-state index contributed by atoms with van der Waals surface area (Å²) in [5, 5.41) is 0.418. The van der Waals surface area contributed by atoms with E-state index in [-0.39, 0.29) is 4.90 Å². The van der Waals surface area contributed by atoms with Crippen molar-refractivity contribution in [2.75, 3.05) is 24.5 Å². The summed E-state index contributed by atoms with van der Waals surface area (Å²) in [6.45, 7) is 2.69. The number of aryl methyl sites for hydroxylation is 1. The lowest BCUT2D eigenvalue weighted by atomic mass is 10.1. The van der Waals surface area contributed by atoms with Gasteiger partial charge in [0.1, 0.15) is 0 Å². The highest BCUT2D eigenvalue weighted by atomic mass is 35.5. The SMILES string of the molecule is O=S(=O)(NCCCc1ccc(N2CCCCC2)cc1)c1cccc(Cl)c1. The van der Waals surface area contributed by atoms with Gasteiger partial charge in [0.05, 0.1) is 4.90 Å². The molecule has 0 unspecified atom stereocenters. The average Bonchev–Trinajstić information content (AvgIpc) is 2.66. The number of nitrogens with one attached hydrogen (secondary N) is 1. The number of piperidine rings is 1. The second kappa shape index (κ2) is 8.89. The van der Waals surface area contributed by atoms with E-state index in [9.17, 15) is 8.42 Å². The highest BCUT2D eigenvalue weighted by Crippen LogP contribution is 2.20. The van der Waals surface area contributed by atoms with E-state index in [4.69, 9.17) is 11.6 Å². The van der Waals surface area contributed by atoms with E-state index < -0.39 is 10.0 Å². The van der Waals surface area contributed by atoms with Crippen molar-refractivity contribution < 1.29 is 8.42 Å². The minimum absolute atomic E-state index is 0.205. The van der Waals surface area contributed by atoms with E-state index in [2.05, 4.69) is 33.9 Å². The third-order valence-electron chi connectivity index (χ3n) is 4.70. The predicted molar refractivity (Wildman–Crippen MR) is 107 cm³/mol. The standard InChI is InChI=1S/C20H25ClN2O2S/c21-18-7-4-8-20(16-18)26(24,25)22-13-5-6-17-9-11-19(12-10-17)23-14-2-1-3-15-23/h4,7-12,16,22H,1-3,5-6,13-15H2. The molecule has 1 saturated heterocycles. The summed E-state index contributed by atoms with van der Waals surface area (Å²) in [5.74, 6) is 0. The highest BCUT2D eigenvalue weighted by Gasteiger charge is 2.13. The summed E-state index contributed by atoms with van der Waals surface area (Å²) < 4.78 is 27.1. The fourth-order valence-electron chi connectivity index (χ4n) is 3.24. The van der Waals surface area contributed by atoms with Crippen LogP contribution in [0.15, 0.2) is 53.4 Å². The molecule has 2 aromatic rings. The molecule has 4 nitrogen and oxygen atoms in total. The van der Waals surface area contributed by atoms with Crippen molar-refractivity contribution in [3.8, 4) is 0 Å². The van der Waals surface area contributed by atoms with Crippen molar-refractivity contribution in [2.24, 2.45) is 0 Å². The largest absolute Gasteiger partial charge is 0.372 e. The summed E-state index contributed by atoms with van der Waals surface area (Å²) in [6.07, 6.45) is 5.48. The smallest absolute Gasteiger partial charge is 0.240 e. The minimum Gasteiger partial charge on any atom is -0.372 e. The lowest BCUT2D eigenvalue weighted by Crippen LogP contribution is -2.29. The summed E-state index contributed by atoms with van der Waals surface area (Å²) in [5.41, 5.74) is 2.52. The van der Waals surface area contributed by atoms with Gasteiger partial charge in [-0.2, -0.15) is 0 Å². The molecule has 6 heteroatoms. The van der Waals surface area contributed by atoms with Crippen LogP contribution in [-0.4, -0.2) is 28.1 Å². The Bertz CT molecular complexity index is 816. The summed E-state index contributed by atoms with van der Waals surface area (Å²) in [7, 11) is -3.50. The van der Waals surface area contributed by atoms with Gasteiger partial charge >= 0.3 is 0 Å². The third kappa shape index (κ3) is 5.22. The Kier molecular flexibility index (Phi) is 6.57. The minimum atomic E-state index is -3.50. The second-order valence-electron chi connectivity index (χ2n) is 6.67. The van der Waals surface area contributed by atoms with E-state index in [0.29, 0.717) is 11.6 Å². The Labute approximate surface area is 161 Å². The molecule has 0 bridgehead atoms. The zero-order chi connectivity index (χ0) is 18.4. The first-order valence-electron chi connectivity index (χ1n) is 9.14. The molecule has 2 aromatic carbocycles. The van der Waals surface area contributed by atoms with Crippen LogP contribution in [0.5, 0.6) is 0 Å². The Hall–Kier alpha value is -1.56. The van der Waals surface area contributed by atoms with Crippen LogP contribution in [0.3, 0.4) is 0 Å². The molecule has 0 spiro atoms. The maximum Gasteiger partial charge on any atom is 0.240 e. The normalized spacial score (nSPS) is 15.2. The third-order valence-corrected chi connectivity index (χ3v) is 6.39. The van der Waals surface area contributed by atoms with Crippen LogP contribution in [0.1, 0.15) is 31.2 Å². The molecule has 0 radical (unpaired) electrons. The van der Waals surface area contributed by atoms with Gasteiger partial charge in [0.2, 0.25) is 10.0 Å². The van der Waals surface area contributed by atoms with Crippen LogP contribution in [0, 0.1) is 0 Å². The molecule has 140 valence electrons. The second-order valence-corrected chi connectivity index (χ2v) is 8.88. The van der Waals surface area contributed by atoms with Gasteiger partial charge < -0.3 is 4.90 Å². The van der Waals surface area contributed by atoms with Crippen LogP contribution in [0.2, 0.25) is 5.02 Å². The van der Waals surface area contributed by atoms with Crippen LogP contribution in [0.25, 0.3) is 0 Å². The lowest BCUT2D eigenvalue weighted by Gasteiger charge is -2.28. The molecule has 1 N–H and O–H groups in total. The molecule has 26 heavy (non-hydrogen) atoms. The molecular formula is C20H25ClN2O2S. The Morgan fingerprint density at radius 1 is 1.00 bits per heavy atom. The molecule has 1 aliphatic heterocycles. The van der Waals surface area contributed by atoms with Gasteiger partial charge in [-0.3, -0.25) is 0 Å². The van der Waals surface area contributed by atoms with Crippen LogP contribution in [0.4, 0.5) is 5.69 Å². The highest BCUT2D eigenvalue weighted by molar-refractivity contribution is 7.89. The fraction of sp³-hybridized carbons (Fsp3) is 0.400. The first kappa shape index (κ1) is 19.2. The van der Waals surface area contributed by atoms with E-state index in [1.807, 2.05) is 0 Å². The van der Waals surface area contributed by atoms with Gasteiger partial charge in [-0.05, 0) is 68.0 Å². The quantitative estimate of drug-likeness (QED) is 0.717. The van der Waals surface area contributed by atoms with Gasteiger partial charge in [0, 0.05) is 30.3 Å². The molecule has 0 amide bonds. The molecule has 1 heterocycles. The summed E-state index contributed by atoms with van der Waals surface area (Å²) >= 11 is 5.87. The van der Waals surface area contributed by atoms with E-state index >= 15 is 0 Å². The Morgan fingerprint density at radius 2 is 1.73 bits per heavy atom. The van der Waals surface area contributed by atoms with E-state index in [0.717, 1.165) is 25.9 Å². The molecule has 3 rings (SSSR count). The van der Waals surface area contributed by atoms with Crippen molar-refractivity contribution in [3.63, 3.8) is 0 Å². The zero-order valence-corrected chi connectivity index (χ0v) is 16.4. The molecule has 0 aromatic heterocycles. The fourth-order valence-corrected chi connectivity index (χ4v) is 4.62. The molecule has 0 saturated carbocycles. The van der Waals surface area contributed by atoms with Crippen LogP contribution < -0.4 is 9.62 Å². The number of sulfonamides is 1. The molecule has 0 aliphatic carbocycles. The monoisotopic (exact) mass is 392 g/mol. The number of halogens is 1. The van der Waals surface area contributed by atoms with Crippen molar-refractivity contribution in [1.29, 1.82) is 0 Å². The van der Waals surface area contributed by atoms with Crippen molar-refractivity contribution >= 4 is 27.3 Å². The number of rotatable bonds is 7. The Balaban J connectivity index is 1.47. The number of benzene rings is 2. The molecule has 1 aliphatic rings. The summed E-state index contributed by atoms with van der Waals surface area (Å²) in [4.78, 5) is 2.64. The average molecular weight is 393 g/mol. The molecule has 1 fully saturated rings.